The number of halogens is 3. The molecule has 0 aliphatic carbocycles. The number of nitrogens with zero attached hydrogens (tertiary/aromatic N) is 5. The fourth-order valence-electron chi connectivity index (χ4n) is 4.17. The first-order valence-electron chi connectivity index (χ1n) is 10.7. The van der Waals surface area contributed by atoms with Crippen LogP contribution in [0.5, 0.6) is 0 Å². The van der Waals surface area contributed by atoms with Crippen molar-refractivity contribution in [2.75, 3.05) is 10.6 Å². The van der Waals surface area contributed by atoms with Crippen LogP contribution >= 0.6 is 0 Å². The predicted octanol–water partition coefficient (Wildman–Crippen LogP) is 4.37. The number of amides is 1. The van der Waals surface area contributed by atoms with Crippen LogP contribution < -0.4 is 10.6 Å². The van der Waals surface area contributed by atoms with E-state index in [0.29, 0.717) is 30.1 Å². The summed E-state index contributed by atoms with van der Waals surface area (Å²) in [4.78, 5) is 26.3. The van der Waals surface area contributed by atoms with E-state index in [4.69, 9.17) is 10.5 Å². The molecule has 0 unspecified atom stereocenters. The van der Waals surface area contributed by atoms with E-state index in [1.807, 2.05) is 6.07 Å². The number of alkyl halides is 3. The van der Waals surface area contributed by atoms with Gasteiger partial charge in [0.15, 0.2) is 5.69 Å². The maximum atomic E-state index is 13.8. The molecule has 36 heavy (non-hydrogen) atoms. The zero-order chi connectivity index (χ0) is 25.4. The number of carbonyl (C=O) groups excluding carboxylic acids is 1. The number of ether oxygens (including phenoxy) is 1. The van der Waals surface area contributed by atoms with E-state index < -0.39 is 23.5 Å². The van der Waals surface area contributed by atoms with Crippen molar-refractivity contribution < 1.29 is 22.7 Å². The second kappa shape index (κ2) is 8.90. The number of benzene rings is 1. The van der Waals surface area contributed by atoms with Gasteiger partial charge in [-0.25, -0.2) is 9.97 Å². The summed E-state index contributed by atoms with van der Waals surface area (Å²) in [6.07, 6.45) is -1.33. The lowest BCUT2D eigenvalue weighted by molar-refractivity contribution is -0.140. The standard InChI is InChI=1S/C25H17F3N6O2/c26-25(27,28)22-21(2-1-5-32-22)34(24(35)16-6-15(8-29)9-31-10-16)11-14-3-4-17-18-12-36-13-19(18)23(30)33-20(17)7-14/h1-7,9-10H,11-13H2,(H2,30,33). The fourth-order valence-corrected chi connectivity index (χ4v) is 4.17. The number of anilines is 2. The van der Waals surface area contributed by atoms with E-state index in [0.717, 1.165) is 27.6 Å². The number of carbonyl (C=O) groups is 1. The first-order valence-corrected chi connectivity index (χ1v) is 10.7. The van der Waals surface area contributed by atoms with Gasteiger partial charge in [0.25, 0.3) is 5.91 Å². The number of nitriles is 1. The highest BCUT2D eigenvalue weighted by Crippen LogP contribution is 2.37. The van der Waals surface area contributed by atoms with Crippen molar-refractivity contribution in [3.8, 4) is 6.07 Å². The van der Waals surface area contributed by atoms with Gasteiger partial charge in [-0.1, -0.05) is 12.1 Å². The van der Waals surface area contributed by atoms with E-state index >= 15 is 0 Å². The lowest BCUT2D eigenvalue weighted by atomic mass is 10.0. The van der Waals surface area contributed by atoms with E-state index in [1.165, 1.54) is 30.6 Å². The normalized spacial score (nSPS) is 12.8. The summed E-state index contributed by atoms with van der Waals surface area (Å²) in [5.74, 6) is -0.445. The monoisotopic (exact) mass is 490 g/mol. The molecule has 0 radical (unpaired) electrons. The van der Waals surface area contributed by atoms with Gasteiger partial charge in [0.1, 0.15) is 11.9 Å². The molecule has 0 saturated heterocycles. The van der Waals surface area contributed by atoms with Gasteiger partial charge in [-0.2, -0.15) is 18.4 Å². The van der Waals surface area contributed by atoms with Crippen LogP contribution in [0, 0.1) is 11.3 Å². The molecule has 180 valence electrons. The number of aromatic nitrogens is 3. The molecule has 8 nitrogen and oxygen atoms in total. The summed E-state index contributed by atoms with van der Waals surface area (Å²) >= 11 is 0. The van der Waals surface area contributed by atoms with Gasteiger partial charge in [0.2, 0.25) is 0 Å². The third-order valence-corrected chi connectivity index (χ3v) is 5.84. The van der Waals surface area contributed by atoms with Crippen molar-refractivity contribution in [3.63, 3.8) is 0 Å². The number of pyridine rings is 3. The Morgan fingerprint density at radius 2 is 1.97 bits per heavy atom. The van der Waals surface area contributed by atoms with Gasteiger partial charge in [0, 0.05) is 29.5 Å². The Bertz CT molecular complexity index is 1550. The predicted molar refractivity (Wildman–Crippen MR) is 123 cm³/mol. The molecule has 3 aromatic heterocycles. The molecule has 1 aliphatic rings. The van der Waals surface area contributed by atoms with Gasteiger partial charge >= 0.3 is 6.18 Å². The Morgan fingerprint density at radius 3 is 2.75 bits per heavy atom. The maximum Gasteiger partial charge on any atom is 0.435 e. The Hall–Kier alpha value is -4.56. The van der Waals surface area contributed by atoms with Crippen molar-refractivity contribution in [1.29, 1.82) is 5.26 Å². The summed E-state index contributed by atoms with van der Waals surface area (Å²) < 4.78 is 46.9. The second-order valence-corrected chi connectivity index (χ2v) is 8.13. The average Bonchev–Trinajstić information content (AvgIpc) is 3.37. The molecule has 0 fully saturated rings. The number of nitrogens with two attached hydrogens (primary N) is 1. The molecular weight excluding hydrogens is 473 g/mol. The summed E-state index contributed by atoms with van der Waals surface area (Å²) in [5.41, 5.74) is 7.31. The molecule has 2 N–H and O–H groups in total. The van der Waals surface area contributed by atoms with Crippen LogP contribution in [0.3, 0.4) is 0 Å². The highest BCUT2D eigenvalue weighted by molar-refractivity contribution is 6.06. The Morgan fingerprint density at radius 1 is 1.17 bits per heavy atom. The van der Waals surface area contributed by atoms with E-state index in [1.54, 1.807) is 18.2 Å². The third-order valence-electron chi connectivity index (χ3n) is 5.84. The topological polar surface area (TPSA) is 118 Å². The van der Waals surface area contributed by atoms with Gasteiger partial charge in [0.05, 0.1) is 42.1 Å². The molecule has 5 rings (SSSR count). The number of hydrogen-bond acceptors (Lipinski definition) is 7. The molecule has 1 aliphatic heterocycles. The third kappa shape index (κ3) is 4.18. The highest BCUT2D eigenvalue weighted by atomic mass is 19.4. The minimum Gasteiger partial charge on any atom is -0.383 e. The fraction of sp³-hybridized carbons (Fsp3) is 0.160. The van der Waals surface area contributed by atoms with Crippen LogP contribution in [0.4, 0.5) is 24.7 Å². The largest absolute Gasteiger partial charge is 0.435 e. The Labute approximate surface area is 202 Å². The van der Waals surface area contributed by atoms with E-state index in [2.05, 4.69) is 15.0 Å². The molecule has 0 bridgehead atoms. The number of hydrogen-bond donors (Lipinski definition) is 1. The number of rotatable bonds is 4. The van der Waals surface area contributed by atoms with Gasteiger partial charge in [-0.15, -0.1) is 0 Å². The first-order chi connectivity index (χ1) is 17.3. The van der Waals surface area contributed by atoms with Crippen molar-refractivity contribution in [2.24, 2.45) is 0 Å². The summed E-state index contributed by atoms with van der Waals surface area (Å²) in [6, 6.07) is 10.8. The zero-order valence-corrected chi connectivity index (χ0v) is 18.6. The molecule has 1 aromatic carbocycles. The maximum absolute atomic E-state index is 13.8. The molecule has 11 heteroatoms. The molecular formula is C25H17F3N6O2. The van der Waals surface area contributed by atoms with Crippen LogP contribution in [0.25, 0.3) is 10.9 Å². The molecule has 0 saturated carbocycles. The Kier molecular flexibility index (Phi) is 5.74. The number of fused-ring (bicyclic) bond motifs is 3. The van der Waals surface area contributed by atoms with Gasteiger partial charge in [-0.05, 0) is 35.4 Å². The second-order valence-electron chi connectivity index (χ2n) is 8.13. The summed E-state index contributed by atoms with van der Waals surface area (Å²) in [7, 11) is 0. The Balaban J connectivity index is 1.61. The van der Waals surface area contributed by atoms with Gasteiger partial charge < -0.3 is 15.4 Å². The molecule has 0 atom stereocenters. The van der Waals surface area contributed by atoms with Crippen molar-refractivity contribution in [1.82, 2.24) is 15.0 Å². The van der Waals surface area contributed by atoms with Crippen LogP contribution in [-0.2, 0) is 30.7 Å². The summed E-state index contributed by atoms with van der Waals surface area (Å²) in [6.45, 7) is 0.524. The number of nitrogen functional groups attached to an aromatic ring is 1. The van der Waals surface area contributed by atoms with Crippen LogP contribution in [0.15, 0.2) is 55.0 Å². The van der Waals surface area contributed by atoms with Crippen molar-refractivity contribution in [2.45, 2.75) is 25.9 Å². The minimum atomic E-state index is -4.80. The summed E-state index contributed by atoms with van der Waals surface area (Å²) in [5, 5.41) is 10.00. The van der Waals surface area contributed by atoms with Crippen LogP contribution in [-0.4, -0.2) is 20.9 Å². The lowest BCUT2D eigenvalue weighted by Gasteiger charge is -2.25. The molecule has 0 spiro atoms. The van der Waals surface area contributed by atoms with Crippen LogP contribution in [0.1, 0.15) is 38.3 Å². The first kappa shape index (κ1) is 23.2. The quantitative estimate of drug-likeness (QED) is 0.451. The van der Waals surface area contributed by atoms with E-state index in [-0.39, 0.29) is 17.7 Å². The molecule has 4 aromatic rings. The van der Waals surface area contributed by atoms with E-state index in [9.17, 15) is 23.2 Å². The molecule has 4 heterocycles. The highest BCUT2D eigenvalue weighted by Gasteiger charge is 2.38. The SMILES string of the molecule is N#Cc1cncc(C(=O)N(Cc2ccc3c4c(c(N)nc3c2)COC4)c2cccnc2C(F)(F)F)c1. The smallest absolute Gasteiger partial charge is 0.383 e. The minimum absolute atomic E-state index is 0.0378. The van der Waals surface area contributed by atoms with Crippen molar-refractivity contribution >= 4 is 28.3 Å². The van der Waals surface area contributed by atoms with Gasteiger partial charge in [-0.3, -0.25) is 9.78 Å². The lowest BCUT2D eigenvalue weighted by Crippen LogP contribution is -2.33. The zero-order valence-electron chi connectivity index (χ0n) is 18.6. The van der Waals surface area contributed by atoms with Crippen molar-refractivity contribution in [3.05, 3.63) is 88.5 Å². The average molecular weight is 490 g/mol. The molecule has 1 amide bonds. The van der Waals surface area contributed by atoms with Crippen LogP contribution in [0.2, 0.25) is 0 Å².